The van der Waals surface area contributed by atoms with Gasteiger partial charge in [-0.25, -0.2) is 4.98 Å². The molecule has 0 bridgehead atoms. The molecule has 160 valence electrons. The predicted octanol–water partition coefficient (Wildman–Crippen LogP) is 3.30. The van der Waals surface area contributed by atoms with Gasteiger partial charge in [-0.3, -0.25) is 18.7 Å². The van der Waals surface area contributed by atoms with Gasteiger partial charge in [0.1, 0.15) is 11.8 Å². The van der Waals surface area contributed by atoms with E-state index in [1.807, 2.05) is 30.3 Å². The fourth-order valence-electron chi connectivity index (χ4n) is 4.13. The first kappa shape index (κ1) is 19.1. The van der Waals surface area contributed by atoms with Crippen molar-refractivity contribution in [3.05, 3.63) is 75.8 Å². The molecule has 0 N–H and O–H groups in total. The molecule has 1 aromatic carbocycles. The van der Waals surface area contributed by atoms with Crippen molar-refractivity contribution >= 4 is 28.2 Å². The summed E-state index contributed by atoms with van der Waals surface area (Å²) in [7, 11) is 0. The van der Waals surface area contributed by atoms with E-state index < -0.39 is 0 Å². The van der Waals surface area contributed by atoms with Crippen LogP contribution in [0.1, 0.15) is 23.9 Å². The number of rotatable bonds is 4. The Bertz CT molecular complexity index is 1500. The number of aromatic nitrogens is 6. The molecule has 10 heteroatoms. The largest absolute Gasteiger partial charge is 0.381 e. The van der Waals surface area contributed by atoms with Crippen LogP contribution in [0.15, 0.2) is 58.2 Å². The van der Waals surface area contributed by atoms with Gasteiger partial charge >= 0.3 is 0 Å². The highest BCUT2D eigenvalue weighted by atomic mass is 35.5. The zero-order chi connectivity index (χ0) is 21.7. The first-order valence-corrected chi connectivity index (χ1v) is 10.6. The van der Waals surface area contributed by atoms with Crippen LogP contribution in [0.25, 0.3) is 28.1 Å². The summed E-state index contributed by atoms with van der Waals surface area (Å²) in [5, 5.41) is 4.57. The van der Waals surface area contributed by atoms with Crippen LogP contribution in [0.2, 0.25) is 5.02 Å². The summed E-state index contributed by atoms with van der Waals surface area (Å²) >= 11 is 6.53. The molecule has 4 aromatic heterocycles. The van der Waals surface area contributed by atoms with Gasteiger partial charge in [0.25, 0.3) is 11.4 Å². The van der Waals surface area contributed by atoms with E-state index in [1.165, 1.54) is 0 Å². The summed E-state index contributed by atoms with van der Waals surface area (Å²) in [5.74, 6) is 0.857. The van der Waals surface area contributed by atoms with Gasteiger partial charge in [0.2, 0.25) is 0 Å². The summed E-state index contributed by atoms with van der Waals surface area (Å²) < 4.78 is 14.3. The number of para-hydroxylation sites is 1. The number of halogens is 1. The first-order chi connectivity index (χ1) is 15.7. The van der Waals surface area contributed by atoms with Gasteiger partial charge in [-0.05, 0) is 30.7 Å². The van der Waals surface area contributed by atoms with Crippen LogP contribution in [0.3, 0.4) is 0 Å². The van der Waals surface area contributed by atoms with Crippen molar-refractivity contribution in [3.63, 3.8) is 0 Å². The molecule has 0 radical (unpaired) electrons. The second-order valence-corrected chi connectivity index (χ2v) is 8.06. The third-order valence-corrected chi connectivity index (χ3v) is 6.00. The van der Waals surface area contributed by atoms with Gasteiger partial charge in [-0.15, -0.1) is 0 Å². The molecule has 1 fully saturated rings. The molecular formula is C22H17ClN6O3. The normalized spacial score (nSPS) is 16.3. The molecule has 5 heterocycles. The molecule has 9 nitrogen and oxygen atoms in total. The maximum atomic E-state index is 13.7. The lowest BCUT2D eigenvalue weighted by atomic mass is 10.1. The van der Waals surface area contributed by atoms with E-state index in [2.05, 4.69) is 20.1 Å². The quantitative estimate of drug-likeness (QED) is 0.415. The standard InChI is InChI=1S/C22H17ClN6O3/c23-15-5-3-6-16-18(15)28(10-14-4-1-2-8-24-14)22(30)19-17(25-12-29(16)19)21-26-20(27-32-21)13-7-9-31-11-13/h1-6,8,12-13H,7,9-11H2. The molecular weight excluding hydrogens is 432 g/mol. The van der Waals surface area contributed by atoms with E-state index in [9.17, 15) is 4.79 Å². The van der Waals surface area contributed by atoms with E-state index >= 15 is 0 Å². The summed E-state index contributed by atoms with van der Waals surface area (Å²) in [6.45, 7) is 1.49. The van der Waals surface area contributed by atoms with Crippen molar-refractivity contribution < 1.29 is 9.26 Å². The Balaban J connectivity index is 1.58. The molecule has 1 atom stereocenters. The lowest BCUT2D eigenvalue weighted by Gasteiger charge is -2.13. The number of imidazole rings is 1. The van der Waals surface area contributed by atoms with Crippen LogP contribution in [0.4, 0.5) is 0 Å². The molecule has 0 saturated carbocycles. The Kier molecular flexibility index (Phi) is 4.51. The van der Waals surface area contributed by atoms with Gasteiger partial charge < -0.3 is 9.26 Å². The van der Waals surface area contributed by atoms with Crippen molar-refractivity contribution in [2.24, 2.45) is 0 Å². The fourth-order valence-corrected chi connectivity index (χ4v) is 4.40. The van der Waals surface area contributed by atoms with E-state index in [0.29, 0.717) is 40.8 Å². The Morgan fingerprint density at radius 1 is 1.12 bits per heavy atom. The Labute approximate surface area is 186 Å². The number of nitrogens with zero attached hydrogens (tertiary/aromatic N) is 6. The minimum Gasteiger partial charge on any atom is -0.381 e. The number of hydrogen-bond donors (Lipinski definition) is 0. The molecule has 5 aromatic rings. The van der Waals surface area contributed by atoms with Crippen LogP contribution >= 0.6 is 11.6 Å². The van der Waals surface area contributed by atoms with Gasteiger partial charge in [0, 0.05) is 18.7 Å². The highest BCUT2D eigenvalue weighted by Crippen LogP contribution is 2.29. The van der Waals surface area contributed by atoms with Crippen molar-refractivity contribution in [1.82, 2.24) is 29.1 Å². The average molecular weight is 449 g/mol. The maximum Gasteiger partial charge on any atom is 0.278 e. The van der Waals surface area contributed by atoms with Crippen LogP contribution in [0, 0.1) is 0 Å². The average Bonchev–Trinajstić information content (AvgIpc) is 3.57. The second-order valence-electron chi connectivity index (χ2n) is 7.65. The van der Waals surface area contributed by atoms with Gasteiger partial charge in [-0.1, -0.05) is 28.9 Å². The van der Waals surface area contributed by atoms with E-state index in [4.69, 9.17) is 20.9 Å². The Morgan fingerprint density at radius 3 is 2.88 bits per heavy atom. The molecule has 1 unspecified atom stereocenters. The van der Waals surface area contributed by atoms with E-state index in [-0.39, 0.29) is 23.9 Å². The Hall–Kier alpha value is -3.56. The van der Waals surface area contributed by atoms with Crippen LogP contribution < -0.4 is 5.56 Å². The SMILES string of the molecule is O=c1c2c(-c3nc(C4CCOC4)no3)ncn2c2cccc(Cl)c2n1Cc1ccccn1. The molecule has 6 rings (SSSR count). The molecule has 0 aliphatic carbocycles. The zero-order valence-electron chi connectivity index (χ0n) is 16.8. The number of pyridine rings is 1. The monoisotopic (exact) mass is 448 g/mol. The second kappa shape index (κ2) is 7.54. The fraction of sp³-hybridized carbons (Fsp3) is 0.227. The van der Waals surface area contributed by atoms with E-state index in [1.54, 1.807) is 27.6 Å². The van der Waals surface area contributed by atoms with Gasteiger partial charge in [0.15, 0.2) is 11.5 Å². The first-order valence-electron chi connectivity index (χ1n) is 10.2. The molecule has 1 aliphatic rings. The molecule has 0 amide bonds. The van der Waals surface area contributed by atoms with Crippen LogP contribution in [0.5, 0.6) is 0 Å². The minimum absolute atomic E-state index is 0.0850. The smallest absolute Gasteiger partial charge is 0.278 e. The number of fused-ring (bicyclic) bond motifs is 3. The molecule has 32 heavy (non-hydrogen) atoms. The van der Waals surface area contributed by atoms with Crippen molar-refractivity contribution in [2.45, 2.75) is 18.9 Å². The highest BCUT2D eigenvalue weighted by molar-refractivity contribution is 6.35. The van der Waals surface area contributed by atoms with Gasteiger partial charge in [-0.2, -0.15) is 4.98 Å². The number of benzene rings is 1. The lowest BCUT2D eigenvalue weighted by Crippen LogP contribution is -2.24. The van der Waals surface area contributed by atoms with Crippen molar-refractivity contribution in [3.8, 4) is 11.6 Å². The topological polar surface area (TPSA) is 100 Å². The number of ether oxygens (including phenoxy) is 1. The third-order valence-electron chi connectivity index (χ3n) is 5.70. The van der Waals surface area contributed by atoms with Gasteiger partial charge in [0.05, 0.1) is 34.9 Å². The molecule has 0 spiro atoms. The predicted molar refractivity (Wildman–Crippen MR) is 117 cm³/mol. The van der Waals surface area contributed by atoms with E-state index in [0.717, 1.165) is 17.6 Å². The molecule has 1 saturated heterocycles. The van der Waals surface area contributed by atoms with Crippen LogP contribution in [-0.4, -0.2) is 42.3 Å². The zero-order valence-corrected chi connectivity index (χ0v) is 17.6. The summed E-state index contributed by atoms with van der Waals surface area (Å²) in [5.41, 5.74) is 2.49. The third kappa shape index (κ3) is 3.01. The minimum atomic E-state index is -0.271. The highest BCUT2D eigenvalue weighted by Gasteiger charge is 2.26. The summed E-state index contributed by atoms with van der Waals surface area (Å²) in [6.07, 6.45) is 4.11. The molecule has 1 aliphatic heterocycles. The summed E-state index contributed by atoms with van der Waals surface area (Å²) in [6, 6.07) is 11.1. The summed E-state index contributed by atoms with van der Waals surface area (Å²) in [4.78, 5) is 27.1. The Morgan fingerprint density at radius 2 is 2.06 bits per heavy atom. The van der Waals surface area contributed by atoms with Crippen molar-refractivity contribution in [1.29, 1.82) is 0 Å². The maximum absolute atomic E-state index is 13.7. The van der Waals surface area contributed by atoms with Crippen molar-refractivity contribution in [2.75, 3.05) is 13.2 Å². The lowest BCUT2D eigenvalue weighted by molar-refractivity contribution is 0.192. The van der Waals surface area contributed by atoms with Crippen LogP contribution in [-0.2, 0) is 11.3 Å². The number of hydrogen-bond acceptors (Lipinski definition) is 7.